The second kappa shape index (κ2) is 15.7. The van der Waals surface area contributed by atoms with E-state index in [4.69, 9.17) is 16.3 Å². The SMILES string of the molecule is COc1ccccc1C.Cc1cc(C)cc(C)c1.Cc1cccc(C)c1.Cc1cccc(Cl)c1. The molecule has 0 N–H and O–H groups in total. The van der Waals surface area contributed by atoms with Crippen LogP contribution in [0, 0.1) is 48.5 Å². The van der Waals surface area contributed by atoms with Gasteiger partial charge in [0.05, 0.1) is 7.11 Å². The van der Waals surface area contributed by atoms with Gasteiger partial charge in [0, 0.05) is 5.02 Å². The minimum absolute atomic E-state index is 0.810. The van der Waals surface area contributed by atoms with Crippen molar-refractivity contribution in [3.8, 4) is 5.75 Å². The quantitative estimate of drug-likeness (QED) is 0.267. The lowest BCUT2D eigenvalue weighted by Crippen LogP contribution is -1.84. The summed E-state index contributed by atoms with van der Waals surface area (Å²) in [5, 5.41) is 0.810. The number of rotatable bonds is 1. The number of ether oxygens (including phenoxy) is 1. The lowest BCUT2D eigenvalue weighted by molar-refractivity contribution is 0.411. The van der Waals surface area contributed by atoms with Gasteiger partial charge in [0.15, 0.2) is 0 Å². The summed E-state index contributed by atoms with van der Waals surface area (Å²) in [6.45, 7) is 14.6. The summed E-state index contributed by atoms with van der Waals surface area (Å²) < 4.78 is 5.04. The molecule has 4 aromatic carbocycles. The van der Waals surface area contributed by atoms with Crippen molar-refractivity contribution in [3.63, 3.8) is 0 Å². The van der Waals surface area contributed by atoms with Crippen LogP contribution >= 0.6 is 11.6 Å². The molecule has 0 aliphatic carbocycles. The van der Waals surface area contributed by atoms with Crippen LogP contribution in [0.1, 0.15) is 38.9 Å². The molecule has 0 unspecified atom stereocenters. The lowest BCUT2D eigenvalue weighted by atomic mass is 10.1. The van der Waals surface area contributed by atoms with Crippen molar-refractivity contribution in [3.05, 3.63) is 135 Å². The first-order valence-corrected chi connectivity index (χ1v) is 11.9. The standard InChI is InChI=1S/C9H12.C8H10O.C8H10.C7H7Cl/c1-7-4-8(2)6-9(3)5-7;1-7-5-3-4-6-8(7)9-2;1-7-4-3-5-8(2)6-7;1-6-3-2-4-7(8)5-6/h4-6H,1-3H3;3-6H,1-2H3;3-6H,1-2H3;2-5H,1H3. The van der Waals surface area contributed by atoms with Crippen molar-refractivity contribution in [2.45, 2.75) is 48.5 Å². The fourth-order valence-electron chi connectivity index (χ4n) is 3.40. The van der Waals surface area contributed by atoms with Crippen LogP contribution in [0.2, 0.25) is 5.02 Å². The van der Waals surface area contributed by atoms with E-state index in [0.717, 1.165) is 10.8 Å². The van der Waals surface area contributed by atoms with Crippen LogP contribution in [-0.4, -0.2) is 7.11 Å². The van der Waals surface area contributed by atoms with Crippen molar-refractivity contribution < 1.29 is 4.74 Å². The highest BCUT2D eigenvalue weighted by Crippen LogP contribution is 2.14. The molecule has 0 aliphatic heterocycles. The van der Waals surface area contributed by atoms with Crippen LogP contribution in [0.3, 0.4) is 0 Å². The molecule has 0 spiro atoms. The smallest absolute Gasteiger partial charge is 0.121 e. The van der Waals surface area contributed by atoms with Crippen molar-refractivity contribution >= 4 is 11.6 Å². The van der Waals surface area contributed by atoms with Crippen LogP contribution in [0.25, 0.3) is 0 Å². The Kier molecular flexibility index (Phi) is 13.4. The molecule has 4 rings (SSSR count). The fourth-order valence-corrected chi connectivity index (χ4v) is 3.65. The Bertz CT molecular complexity index is 1000. The molecule has 0 radical (unpaired) electrons. The summed E-state index contributed by atoms with van der Waals surface area (Å²) in [6.07, 6.45) is 0. The molecule has 0 amide bonds. The number of halogens is 1. The second-order valence-corrected chi connectivity index (χ2v) is 9.03. The summed E-state index contributed by atoms with van der Waals surface area (Å²) >= 11 is 5.64. The summed E-state index contributed by atoms with van der Waals surface area (Å²) in [5.74, 6) is 0.956. The van der Waals surface area contributed by atoms with Gasteiger partial charge in [-0.2, -0.15) is 0 Å². The summed E-state index contributed by atoms with van der Waals surface area (Å²) in [6, 6.07) is 30.7. The molecule has 1 nitrogen and oxygen atoms in total. The highest BCUT2D eigenvalue weighted by molar-refractivity contribution is 6.30. The van der Waals surface area contributed by atoms with Gasteiger partial charge in [-0.25, -0.2) is 0 Å². The molecule has 0 aliphatic rings. The highest BCUT2D eigenvalue weighted by atomic mass is 35.5. The summed E-state index contributed by atoms with van der Waals surface area (Å²) in [4.78, 5) is 0. The van der Waals surface area contributed by atoms with Crippen LogP contribution in [0.4, 0.5) is 0 Å². The number of aryl methyl sites for hydroxylation is 7. The van der Waals surface area contributed by atoms with Crippen LogP contribution in [0.5, 0.6) is 5.75 Å². The Morgan fingerprint density at radius 2 is 0.882 bits per heavy atom. The number of methoxy groups -OCH3 is 1. The average Bonchev–Trinajstić information content (AvgIpc) is 2.74. The van der Waals surface area contributed by atoms with Crippen LogP contribution in [-0.2, 0) is 0 Å². The minimum Gasteiger partial charge on any atom is -0.496 e. The molecule has 0 bridgehead atoms. The monoisotopic (exact) mass is 474 g/mol. The van der Waals surface area contributed by atoms with Gasteiger partial charge in [-0.05, 0) is 77.8 Å². The van der Waals surface area contributed by atoms with Gasteiger partial charge in [-0.15, -0.1) is 0 Å². The van der Waals surface area contributed by atoms with Crippen LogP contribution < -0.4 is 4.74 Å². The lowest BCUT2D eigenvalue weighted by Gasteiger charge is -2.00. The molecule has 34 heavy (non-hydrogen) atoms. The zero-order valence-corrected chi connectivity index (χ0v) is 22.7. The Labute approximate surface area is 212 Å². The van der Waals surface area contributed by atoms with E-state index in [9.17, 15) is 0 Å². The Balaban J connectivity index is 0.000000227. The number of para-hydroxylation sites is 1. The van der Waals surface area contributed by atoms with Crippen molar-refractivity contribution in [2.24, 2.45) is 0 Å². The molecular weight excluding hydrogens is 436 g/mol. The van der Waals surface area contributed by atoms with Gasteiger partial charge in [-0.3, -0.25) is 0 Å². The molecule has 0 atom stereocenters. The fraction of sp³-hybridized carbons (Fsp3) is 0.250. The van der Waals surface area contributed by atoms with E-state index in [1.807, 2.05) is 62.4 Å². The zero-order chi connectivity index (χ0) is 25.5. The maximum Gasteiger partial charge on any atom is 0.121 e. The predicted molar refractivity (Wildman–Crippen MR) is 150 cm³/mol. The number of hydrogen-bond donors (Lipinski definition) is 0. The first kappa shape index (κ1) is 29.0. The zero-order valence-electron chi connectivity index (χ0n) is 21.9. The maximum absolute atomic E-state index is 5.64. The average molecular weight is 475 g/mol. The van der Waals surface area contributed by atoms with Gasteiger partial charge in [0.25, 0.3) is 0 Å². The maximum atomic E-state index is 5.64. The molecule has 0 saturated heterocycles. The van der Waals surface area contributed by atoms with Gasteiger partial charge in [-0.1, -0.05) is 112 Å². The molecule has 0 fully saturated rings. The molecule has 0 saturated carbocycles. The van der Waals surface area contributed by atoms with E-state index >= 15 is 0 Å². The normalized spacial score (nSPS) is 9.32. The molecule has 2 heteroatoms. The second-order valence-electron chi connectivity index (χ2n) is 8.59. The van der Waals surface area contributed by atoms with Gasteiger partial charge < -0.3 is 4.74 Å². The highest BCUT2D eigenvalue weighted by Gasteiger charge is 1.91. The van der Waals surface area contributed by atoms with E-state index in [-0.39, 0.29) is 0 Å². The first-order valence-electron chi connectivity index (χ1n) is 11.5. The Morgan fingerprint density at radius 1 is 0.471 bits per heavy atom. The van der Waals surface area contributed by atoms with E-state index in [2.05, 4.69) is 77.1 Å². The van der Waals surface area contributed by atoms with Crippen molar-refractivity contribution in [1.82, 2.24) is 0 Å². The van der Waals surface area contributed by atoms with Gasteiger partial charge in [0.1, 0.15) is 5.75 Å². The Morgan fingerprint density at radius 3 is 1.18 bits per heavy atom. The molecule has 0 aromatic heterocycles. The molecule has 4 aromatic rings. The number of hydrogen-bond acceptors (Lipinski definition) is 1. The third-order valence-corrected chi connectivity index (χ3v) is 5.07. The number of benzene rings is 4. The third kappa shape index (κ3) is 12.9. The third-order valence-electron chi connectivity index (χ3n) is 4.83. The molecule has 180 valence electrons. The predicted octanol–water partition coefficient (Wildman–Crippen LogP) is 9.57. The van der Waals surface area contributed by atoms with E-state index in [0.29, 0.717) is 0 Å². The molecular formula is C32H39ClO. The Hall–Kier alpha value is -3.03. The van der Waals surface area contributed by atoms with Crippen LogP contribution in [0.15, 0.2) is 91.0 Å². The summed E-state index contributed by atoms with van der Waals surface area (Å²) in [7, 11) is 1.68. The van der Waals surface area contributed by atoms with E-state index < -0.39 is 0 Å². The summed E-state index contributed by atoms with van der Waals surface area (Å²) in [5.41, 5.74) is 9.13. The first-order chi connectivity index (χ1) is 16.1. The largest absolute Gasteiger partial charge is 0.496 e. The van der Waals surface area contributed by atoms with Crippen molar-refractivity contribution in [2.75, 3.05) is 7.11 Å². The molecule has 0 heterocycles. The topological polar surface area (TPSA) is 9.23 Å². The van der Waals surface area contributed by atoms with Gasteiger partial charge in [0.2, 0.25) is 0 Å². The van der Waals surface area contributed by atoms with Crippen molar-refractivity contribution in [1.29, 1.82) is 0 Å². The minimum atomic E-state index is 0.810. The van der Waals surface area contributed by atoms with E-state index in [1.165, 1.54) is 38.9 Å². The van der Waals surface area contributed by atoms with E-state index in [1.54, 1.807) is 7.11 Å². The van der Waals surface area contributed by atoms with Gasteiger partial charge >= 0.3 is 0 Å².